The van der Waals surface area contributed by atoms with Crippen molar-refractivity contribution in [2.24, 2.45) is 0 Å². The first-order chi connectivity index (χ1) is 7.81. The largest absolute Gasteiger partial charge is 0.312 e. The molecule has 0 aromatic rings. The monoisotopic (exact) mass is 224 g/mol. The zero-order valence-corrected chi connectivity index (χ0v) is 11.0. The van der Waals surface area contributed by atoms with Crippen molar-refractivity contribution in [2.75, 3.05) is 13.1 Å². The van der Waals surface area contributed by atoms with Gasteiger partial charge in [0.1, 0.15) is 0 Å². The van der Waals surface area contributed by atoms with E-state index in [2.05, 4.69) is 24.1 Å². The van der Waals surface area contributed by atoms with Crippen LogP contribution in [0.1, 0.15) is 58.8 Å². The van der Waals surface area contributed by atoms with Crippen LogP contribution in [0.25, 0.3) is 0 Å². The van der Waals surface area contributed by atoms with E-state index in [1.165, 1.54) is 58.0 Å². The van der Waals surface area contributed by atoms with E-state index in [4.69, 9.17) is 0 Å². The van der Waals surface area contributed by atoms with Gasteiger partial charge in [-0.25, -0.2) is 0 Å². The van der Waals surface area contributed by atoms with Crippen molar-refractivity contribution < 1.29 is 0 Å². The van der Waals surface area contributed by atoms with E-state index in [1.807, 2.05) is 0 Å². The van der Waals surface area contributed by atoms with Crippen molar-refractivity contribution in [2.45, 2.75) is 76.9 Å². The van der Waals surface area contributed by atoms with E-state index in [0.717, 1.165) is 18.1 Å². The Hall–Kier alpha value is -0.0800. The van der Waals surface area contributed by atoms with Gasteiger partial charge >= 0.3 is 0 Å². The number of nitrogens with one attached hydrogen (secondary N) is 1. The molecule has 0 aromatic carbocycles. The van der Waals surface area contributed by atoms with E-state index >= 15 is 0 Å². The topological polar surface area (TPSA) is 15.3 Å². The normalized spacial score (nSPS) is 29.2. The van der Waals surface area contributed by atoms with Gasteiger partial charge in [-0.05, 0) is 45.6 Å². The van der Waals surface area contributed by atoms with E-state index in [9.17, 15) is 0 Å². The van der Waals surface area contributed by atoms with Gasteiger partial charge in [-0.2, -0.15) is 0 Å². The van der Waals surface area contributed by atoms with E-state index < -0.39 is 0 Å². The lowest BCUT2D eigenvalue weighted by molar-refractivity contribution is 0.0954. The number of piperidine rings is 1. The quantitative estimate of drug-likeness (QED) is 0.746. The summed E-state index contributed by atoms with van der Waals surface area (Å²) < 4.78 is 0. The maximum absolute atomic E-state index is 3.67. The van der Waals surface area contributed by atoms with E-state index in [-0.39, 0.29) is 0 Å². The molecule has 1 saturated carbocycles. The van der Waals surface area contributed by atoms with Crippen LogP contribution < -0.4 is 5.32 Å². The molecule has 1 N–H and O–H groups in total. The average Bonchev–Trinajstić information content (AvgIpc) is 3.11. The van der Waals surface area contributed by atoms with Gasteiger partial charge in [-0.15, -0.1) is 0 Å². The molecule has 2 unspecified atom stereocenters. The zero-order chi connectivity index (χ0) is 11.4. The molecular weight excluding hydrogens is 196 g/mol. The lowest BCUT2D eigenvalue weighted by atomic mass is 9.96. The first-order valence-corrected chi connectivity index (χ1v) is 7.30. The fourth-order valence-corrected chi connectivity index (χ4v) is 2.99. The summed E-state index contributed by atoms with van der Waals surface area (Å²) in [6, 6.07) is 2.46. The Labute approximate surface area is 101 Å². The van der Waals surface area contributed by atoms with Gasteiger partial charge in [0.25, 0.3) is 0 Å². The molecule has 1 aliphatic heterocycles. The summed E-state index contributed by atoms with van der Waals surface area (Å²) in [4.78, 5) is 2.77. The third-order valence-electron chi connectivity index (χ3n) is 4.14. The number of nitrogens with zero attached hydrogens (tertiary/aromatic N) is 1. The standard InChI is InChI=1S/C14H28N2/c1-3-6-14-7-4-5-10-16(14)12(2)11-15-13-8-9-13/h12-15H,3-11H2,1-2H3. The van der Waals surface area contributed by atoms with Crippen LogP contribution in [-0.2, 0) is 0 Å². The van der Waals surface area contributed by atoms with Gasteiger partial charge < -0.3 is 5.32 Å². The van der Waals surface area contributed by atoms with Gasteiger partial charge in [0.05, 0.1) is 0 Å². The van der Waals surface area contributed by atoms with Crippen LogP contribution in [-0.4, -0.2) is 36.1 Å². The molecule has 2 nitrogen and oxygen atoms in total. The number of likely N-dealkylation sites (tertiary alicyclic amines) is 1. The smallest absolute Gasteiger partial charge is 0.0195 e. The second-order valence-corrected chi connectivity index (χ2v) is 5.71. The summed E-state index contributed by atoms with van der Waals surface area (Å²) in [5, 5.41) is 3.67. The van der Waals surface area contributed by atoms with Crippen molar-refractivity contribution in [3.63, 3.8) is 0 Å². The van der Waals surface area contributed by atoms with Crippen LogP contribution in [0.4, 0.5) is 0 Å². The first kappa shape index (κ1) is 12.4. The van der Waals surface area contributed by atoms with Crippen LogP contribution >= 0.6 is 0 Å². The van der Waals surface area contributed by atoms with Gasteiger partial charge in [0, 0.05) is 24.7 Å². The van der Waals surface area contributed by atoms with Crippen LogP contribution in [0.2, 0.25) is 0 Å². The number of hydrogen-bond donors (Lipinski definition) is 1. The molecule has 2 aliphatic rings. The van der Waals surface area contributed by atoms with Gasteiger partial charge in [-0.3, -0.25) is 4.90 Å². The summed E-state index contributed by atoms with van der Waals surface area (Å²) in [6.07, 6.45) is 9.84. The van der Waals surface area contributed by atoms with Crippen LogP contribution in [0.15, 0.2) is 0 Å². The van der Waals surface area contributed by atoms with Crippen molar-refractivity contribution >= 4 is 0 Å². The van der Waals surface area contributed by atoms with Crippen molar-refractivity contribution in [1.29, 1.82) is 0 Å². The number of hydrogen-bond acceptors (Lipinski definition) is 2. The molecule has 1 saturated heterocycles. The highest BCUT2D eigenvalue weighted by Crippen LogP contribution is 2.24. The molecule has 0 amide bonds. The summed E-state index contributed by atoms with van der Waals surface area (Å²) >= 11 is 0. The molecule has 1 heterocycles. The highest BCUT2D eigenvalue weighted by Gasteiger charge is 2.27. The Morgan fingerprint density at radius 2 is 2.06 bits per heavy atom. The SMILES string of the molecule is CCCC1CCCCN1C(C)CNC1CC1. The van der Waals surface area contributed by atoms with Gasteiger partial charge in [-0.1, -0.05) is 19.8 Å². The molecule has 2 fully saturated rings. The van der Waals surface area contributed by atoms with Gasteiger partial charge in [0.15, 0.2) is 0 Å². The molecule has 0 aromatic heterocycles. The first-order valence-electron chi connectivity index (χ1n) is 7.30. The van der Waals surface area contributed by atoms with Crippen molar-refractivity contribution in [3.05, 3.63) is 0 Å². The Morgan fingerprint density at radius 3 is 2.75 bits per heavy atom. The van der Waals surface area contributed by atoms with E-state index in [1.54, 1.807) is 0 Å². The average molecular weight is 224 g/mol. The predicted octanol–water partition coefficient (Wildman–Crippen LogP) is 2.78. The molecule has 0 bridgehead atoms. The zero-order valence-electron chi connectivity index (χ0n) is 11.0. The fourth-order valence-electron chi connectivity index (χ4n) is 2.99. The summed E-state index contributed by atoms with van der Waals surface area (Å²) in [7, 11) is 0. The van der Waals surface area contributed by atoms with Crippen molar-refractivity contribution in [3.8, 4) is 0 Å². The Balaban J connectivity index is 1.77. The summed E-state index contributed by atoms with van der Waals surface area (Å²) in [5.41, 5.74) is 0. The molecule has 16 heavy (non-hydrogen) atoms. The Bertz CT molecular complexity index is 199. The lowest BCUT2D eigenvalue weighted by Gasteiger charge is -2.40. The van der Waals surface area contributed by atoms with Crippen LogP contribution in [0.3, 0.4) is 0 Å². The highest BCUT2D eigenvalue weighted by atomic mass is 15.2. The summed E-state index contributed by atoms with van der Waals surface area (Å²) in [6.45, 7) is 7.26. The minimum atomic E-state index is 0.734. The molecule has 1 aliphatic carbocycles. The number of rotatable bonds is 6. The minimum Gasteiger partial charge on any atom is -0.312 e. The Kier molecular flexibility index (Phi) is 4.66. The van der Waals surface area contributed by atoms with Crippen molar-refractivity contribution in [1.82, 2.24) is 10.2 Å². The van der Waals surface area contributed by atoms with E-state index in [0.29, 0.717) is 0 Å². The highest BCUT2D eigenvalue weighted by molar-refractivity contribution is 4.86. The molecule has 0 radical (unpaired) electrons. The predicted molar refractivity (Wildman–Crippen MR) is 69.7 cm³/mol. The third kappa shape index (κ3) is 3.46. The van der Waals surface area contributed by atoms with Crippen LogP contribution in [0.5, 0.6) is 0 Å². The molecule has 2 atom stereocenters. The second-order valence-electron chi connectivity index (χ2n) is 5.71. The molecule has 2 rings (SSSR count). The van der Waals surface area contributed by atoms with Gasteiger partial charge in [0.2, 0.25) is 0 Å². The fraction of sp³-hybridized carbons (Fsp3) is 1.00. The second kappa shape index (κ2) is 6.02. The maximum Gasteiger partial charge on any atom is 0.0195 e. The molecular formula is C14H28N2. The molecule has 94 valence electrons. The summed E-state index contributed by atoms with van der Waals surface area (Å²) in [5.74, 6) is 0. The Morgan fingerprint density at radius 1 is 1.25 bits per heavy atom. The lowest BCUT2D eigenvalue weighted by Crippen LogP contribution is -2.49. The third-order valence-corrected chi connectivity index (χ3v) is 4.14. The minimum absolute atomic E-state index is 0.734. The maximum atomic E-state index is 3.67. The molecule has 2 heteroatoms. The molecule has 0 spiro atoms. The van der Waals surface area contributed by atoms with Crippen LogP contribution in [0, 0.1) is 0 Å².